The monoisotopic (exact) mass is 609 g/mol. The van der Waals surface area contributed by atoms with Crippen LogP contribution in [0, 0.1) is 17.7 Å². The van der Waals surface area contributed by atoms with Crippen LogP contribution in [0.2, 0.25) is 0 Å². The Hall–Kier alpha value is -4.57. The Kier molecular flexibility index (Phi) is 6.96. The summed E-state index contributed by atoms with van der Waals surface area (Å²) in [5.41, 5.74) is 6.37. The number of nitrogens with zero attached hydrogens (tertiary/aromatic N) is 4. The minimum absolute atomic E-state index is 0.0557. The molecule has 2 unspecified atom stereocenters. The molecule has 2 fully saturated rings. The van der Waals surface area contributed by atoms with Gasteiger partial charge < -0.3 is 19.9 Å². The number of hydrogen-bond donors (Lipinski definition) is 1. The van der Waals surface area contributed by atoms with Crippen molar-refractivity contribution in [3.8, 4) is 11.1 Å². The van der Waals surface area contributed by atoms with Gasteiger partial charge >= 0.3 is 6.09 Å². The first-order chi connectivity index (χ1) is 21.1. The number of carbonyl (C=O) groups is 2. The molecule has 8 nitrogen and oxygen atoms in total. The summed E-state index contributed by atoms with van der Waals surface area (Å²) < 4.78 is 22.1. The van der Waals surface area contributed by atoms with Crippen LogP contribution < -0.4 is 5.32 Å². The summed E-state index contributed by atoms with van der Waals surface area (Å²) in [7, 11) is 0. The smallest absolute Gasteiger partial charge is 0.410 e. The predicted octanol–water partition coefficient (Wildman–Crippen LogP) is 7.33. The van der Waals surface area contributed by atoms with Crippen LogP contribution in [-0.2, 0) is 4.74 Å². The molecule has 2 amide bonds. The van der Waals surface area contributed by atoms with Crippen molar-refractivity contribution in [2.45, 2.75) is 26.4 Å². The molecule has 0 bridgehead atoms. The normalized spacial score (nSPS) is 18.2. The Morgan fingerprint density at radius 3 is 2.36 bits per heavy atom. The van der Waals surface area contributed by atoms with Crippen LogP contribution in [-0.4, -0.2) is 63.5 Å². The number of hydrogen-bond acceptors (Lipinski definition) is 7. The molecule has 0 spiro atoms. The van der Waals surface area contributed by atoms with Gasteiger partial charge in [0.15, 0.2) is 0 Å². The second-order valence-electron chi connectivity index (χ2n) is 12.6. The number of anilines is 2. The Morgan fingerprint density at radius 2 is 1.61 bits per heavy atom. The molecule has 0 saturated carbocycles. The summed E-state index contributed by atoms with van der Waals surface area (Å²) in [5.74, 6) is -0.554. The van der Waals surface area contributed by atoms with Crippen molar-refractivity contribution < 1.29 is 18.7 Å². The highest BCUT2D eigenvalue weighted by Gasteiger charge is 2.44. The Balaban J connectivity index is 1.05. The van der Waals surface area contributed by atoms with E-state index >= 15 is 4.39 Å². The molecule has 0 aliphatic carbocycles. The van der Waals surface area contributed by atoms with E-state index in [0.717, 1.165) is 38.1 Å². The Labute approximate surface area is 258 Å². The van der Waals surface area contributed by atoms with Gasteiger partial charge in [0, 0.05) is 61.0 Å². The van der Waals surface area contributed by atoms with Crippen LogP contribution in [0.3, 0.4) is 0 Å². The van der Waals surface area contributed by atoms with Crippen LogP contribution in [0.4, 0.5) is 20.6 Å². The van der Waals surface area contributed by atoms with Crippen molar-refractivity contribution in [2.24, 2.45) is 11.8 Å². The zero-order chi connectivity index (χ0) is 30.6. The van der Waals surface area contributed by atoms with Gasteiger partial charge in [0.1, 0.15) is 11.4 Å². The third-order valence-electron chi connectivity index (χ3n) is 8.31. The second-order valence-corrected chi connectivity index (χ2v) is 13.4. The van der Waals surface area contributed by atoms with Crippen molar-refractivity contribution in [1.82, 2.24) is 19.8 Å². The fourth-order valence-corrected chi connectivity index (χ4v) is 6.86. The van der Waals surface area contributed by atoms with Crippen molar-refractivity contribution in [3.05, 3.63) is 83.8 Å². The first-order valence-electron chi connectivity index (χ1n) is 14.7. The minimum atomic E-state index is -0.555. The third-order valence-corrected chi connectivity index (χ3v) is 9.12. The highest BCUT2D eigenvalue weighted by atomic mass is 32.1. The first-order valence-corrected chi connectivity index (χ1v) is 15.6. The van der Waals surface area contributed by atoms with Crippen molar-refractivity contribution in [2.75, 3.05) is 31.5 Å². The number of halogens is 1. The first kappa shape index (κ1) is 28.2. The molecular weight excluding hydrogens is 577 g/mol. The number of benzene rings is 3. The van der Waals surface area contributed by atoms with Gasteiger partial charge in [-0.2, -0.15) is 0 Å². The van der Waals surface area contributed by atoms with E-state index in [0.29, 0.717) is 31.7 Å². The zero-order valence-electron chi connectivity index (χ0n) is 24.7. The highest BCUT2D eigenvalue weighted by molar-refractivity contribution is 7.16. The lowest BCUT2D eigenvalue weighted by atomic mass is 10.0. The lowest BCUT2D eigenvalue weighted by Crippen LogP contribution is -2.38. The van der Waals surface area contributed by atoms with Crippen LogP contribution >= 0.6 is 11.3 Å². The Bertz CT molecular complexity index is 1900. The lowest BCUT2D eigenvalue weighted by Gasteiger charge is -2.26. The quantitative estimate of drug-likeness (QED) is 0.230. The third kappa shape index (κ3) is 5.45. The van der Waals surface area contributed by atoms with Gasteiger partial charge in [0.25, 0.3) is 5.91 Å². The van der Waals surface area contributed by atoms with Gasteiger partial charge in [-0.3, -0.25) is 9.78 Å². The molecule has 3 aromatic carbocycles. The van der Waals surface area contributed by atoms with Crippen LogP contribution in [0.15, 0.2) is 72.4 Å². The summed E-state index contributed by atoms with van der Waals surface area (Å²) in [4.78, 5) is 38.2. The number of amides is 2. The van der Waals surface area contributed by atoms with Crippen molar-refractivity contribution in [3.63, 3.8) is 0 Å². The molecule has 44 heavy (non-hydrogen) atoms. The van der Waals surface area contributed by atoms with E-state index in [1.165, 1.54) is 6.07 Å². The van der Waals surface area contributed by atoms with Crippen molar-refractivity contribution in [1.29, 1.82) is 0 Å². The molecule has 2 aromatic heterocycles. The van der Waals surface area contributed by atoms with E-state index in [1.54, 1.807) is 39.5 Å². The van der Waals surface area contributed by atoms with Crippen molar-refractivity contribution >= 4 is 55.8 Å². The molecule has 10 heteroatoms. The molecule has 2 aliphatic rings. The minimum Gasteiger partial charge on any atom is -0.444 e. The molecule has 0 radical (unpaired) electrons. The number of rotatable bonds is 4. The maximum atomic E-state index is 15.4. The zero-order valence-corrected chi connectivity index (χ0v) is 25.5. The van der Waals surface area contributed by atoms with E-state index in [-0.39, 0.29) is 29.4 Å². The maximum Gasteiger partial charge on any atom is 0.410 e. The van der Waals surface area contributed by atoms with E-state index in [9.17, 15) is 9.59 Å². The number of nitrogens with one attached hydrogen (secondary N) is 1. The molecule has 224 valence electrons. The van der Waals surface area contributed by atoms with Crippen LogP contribution in [0.25, 0.3) is 32.2 Å². The number of fused-ring (bicyclic) bond motifs is 3. The number of aromatic nitrogens is 2. The van der Waals surface area contributed by atoms with Gasteiger partial charge in [-0.05, 0) is 74.4 Å². The van der Waals surface area contributed by atoms with E-state index in [4.69, 9.17) is 4.74 Å². The van der Waals surface area contributed by atoms with E-state index in [2.05, 4.69) is 21.4 Å². The number of thiazole rings is 1. The summed E-state index contributed by atoms with van der Waals surface area (Å²) >= 11 is 1.61. The SMILES string of the molecule is CC(C)(C)OC(=O)N1CC2CN(C(=O)c3ccc(-c4ccc5c(Nc6ccc7scnc7c6)ccnc5c4)cc3F)CC2C1. The molecule has 7 rings (SSSR count). The molecule has 2 atom stereocenters. The Morgan fingerprint density at radius 1 is 0.886 bits per heavy atom. The second kappa shape index (κ2) is 10.9. The molecule has 2 aliphatic heterocycles. The number of likely N-dealkylation sites (tertiary alicyclic amines) is 2. The summed E-state index contributed by atoms with van der Waals surface area (Å²) in [6, 6.07) is 18.6. The maximum absolute atomic E-state index is 15.4. The van der Waals surface area contributed by atoms with Gasteiger partial charge in [-0.25, -0.2) is 14.2 Å². The van der Waals surface area contributed by atoms with Gasteiger partial charge in [-0.15, -0.1) is 11.3 Å². The molecule has 4 heterocycles. The fourth-order valence-electron chi connectivity index (χ4n) is 6.20. The molecule has 5 aromatic rings. The topological polar surface area (TPSA) is 87.7 Å². The number of ether oxygens (including phenoxy) is 1. The standard InChI is InChI=1S/C34H32FN5O3S/c1-34(2,3)43-33(42)40-17-22-15-39(16-23(22)18-40)32(41)25-7-4-20(12-27(25)35)21-5-8-26-28(10-11-36-29(26)13-21)38-24-6-9-31-30(14-24)37-19-44-31/h4-14,19,22-23H,15-18H2,1-3H3,(H,36,38). The molecule has 2 saturated heterocycles. The lowest BCUT2D eigenvalue weighted by molar-refractivity contribution is 0.0275. The van der Waals surface area contributed by atoms with Gasteiger partial charge in [0.2, 0.25) is 0 Å². The number of pyridine rings is 1. The summed E-state index contributed by atoms with van der Waals surface area (Å²) in [6.07, 6.45) is 1.42. The van der Waals surface area contributed by atoms with Crippen LogP contribution in [0.5, 0.6) is 0 Å². The van der Waals surface area contributed by atoms with Crippen LogP contribution in [0.1, 0.15) is 31.1 Å². The van der Waals surface area contributed by atoms with Gasteiger partial charge in [-0.1, -0.05) is 18.2 Å². The predicted molar refractivity (Wildman–Crippen MR) is 171 cm³/mol. The van der Waals surface area contributed by atoms with Gasteiger partial charge in [0.05, 0.1) is 26.8 Å². The van der Waals surface area contributed by atoms with E-state index in [1.807, 2.05) is 62.7 Å². The van der Waals surface area contributed by atoms with E-state index < -0.39 is 11.4 Å². The number of carbonyl (C=O) groups excluding carboxylic acids is 2. The summed E-state index contributed by atoms with van der Waals surface area (Å²) in [5, 5.41) is 4.41. The fraction of sp³-hybridized carbons (Fsp3) is 0.294. The summed E-state index contributed by atoms with van der Waals surface area (Å²) in [6.45, 7) is 7.61. The average Bonchev–Trinajstić information content (AvgIpc) is 3.71. The molecular formula is C34H32FN5O3S. The largest absolute Gasteiger partial charge is 0.444 e. The highest BCUT2D eigenvalue weighted by Crippen LogP contribution is 2.34. The average molecular weight is 610 g/mol. The molecule has 1 N–H and O–H groups in total.